The molecule has 1 unspecified atom stereocenters. The molecule has 2 heterocycles. The van der Waals surface area contributed by atoms with Crippen LogP contribution in [-0.4, -0.2) is 55.6 Å². The van der Waals surface area contributed by atoms with E-state index in [4.69, 9.17) is 0 Å². The highest BCUT2D eigenvalue weighted by atomic mass is 79.9. The molecule has 0 spiro atoms. The molecule has 0 amide bonds. The summed E-state index contributed by atoms with van der Waals surface area (Å²) < 4.78 is 1.16. The van der Waals surface area contributed by atoms with E-state index in [1.807, 2.05) is 0 Å². The molecule has 3 rings (SSSR count). The molecule has 22 heavy (non-hydrogen) atoms. The molecular formula is C18H28BrN3. The van der Waals surface area contributed by atoms with Gasteiger partial charge in [-0.25, -0.2) is 0 Å². The van der Waals surface area contributed by atoms with Crippen molar-refractivity contribution in [3.8, 4) is 0 Å². The summed E-state index contributed by atoms with van der Waals surface area (Å²) >= 11 is 3.52. The van der Waals surface area contributed by atoms with E-state index in [1.165, 1.54) is 64.2 Å². The summed E-state index contributed by atoms with van der Waals surface area (Å²) in [6, 6.07) is 9.32. The monoisotopic (exact) mass is 365 g/mol. The van der Waals surface area contributed by atoms with Crippen LogP contribution in [0.4, 0.5) is 0 Å². The number of nitrogens with zero attached hydrogens (tertiary/aromatic N) is 2. The smallest absolute Gasteiger partial charge is 0.0320 e. The van der Waals surface area contributed by atoms with Crippen LogP contribution in [0.2, 0.25) is 0 Å². The van der Waals surface area contributed by atoms with E-state index in [1.54, 1.807) is 0 Å². The summed E-state index contributed by atoms with van der Waals surface area (Å²) in [5, 5.41) is 3.47. The molecule has 2 aliphatic heterocycles. The van der Waals surface area contributed by atoms with Crippen molar-refractivity contribution in [1.82, 2.24) is 15.1 Å². The number of piperidine rings is 1. The van der Waals surface area contributed by atoms with Crippen molar-refractivity contribution in [2.45, 2.75) is 25.8 Å². The lowest BCUT2D eigenvalue weighted by Crippen LogP contribution is -2.49. The molecule has 0 bridgehead atoms. The van der Waals surface area contributed by atoms with Gasteiger partial charge in [0.1, 0.15) is 0 Å². The minimum Gasteiger partial charge on any atom is -0.317 e. The van der Waals surface area contributed by atoms with E-state index in [0.717, 1.165) is 10.4 Å². The highest BCUT2D eigenvalue weighted by molar-refractivity contribution is 9.10. The Bertz CT molecular complexity index is 448. The highest BCUT2D eigenvalue weighted by Crippen LogP contribution is 2.24. The maximum Gasteiger partial charge on any atom is 0.0320 e. The van der Waals surface area contributed by atoms with Crippen LogP contribution < -0.4 is 5.32 Å². The van der Waals surface area contributed by atoms with Gasteiger partial charge in [-0.15, -0.1) is 0 Å². The molecule has 0 aromatic heterocycles. The summed E-state index contributed by atoms with van der Waals surface area (Å²) in [7, 11) is 0. The summed E-state index contributed by atoms with van der Waals surface area (Å²) in [6.45, 7) is 10.9. The topological polar surface area (TPSA) is 18.5 Å². The molecule has 4 heteroatoms. The molecule has 2 saturated heterocycles. The maximum atomic E-state index is 3.52. The fourth-order valence-corrected chi connectivity index (χ4v) is 3.98. The molecule has 122 valence electrons. The quantitative estimate of drug-likeness (QED) is 0.883. The van der Waals surface area contributed by atoms with Gasteiger partial charge in [-0.3, -0.25) is 4.90 Å². The van der Waals surface area contributed by atoms with Crippen molar-refractivity contribution in [2.24, 2.45) is 5.92 Å². The van der Waals surface area contributed by atoms with Crippen molar-refractivity contribution in [3.63, 3.8) is 0 Å². The summed E-state index contributed by atoms with van der Waals surface area (Å²) in [5.74, 6) is 0.914. The van der Waals surface area contributed by atoms with Gasteiger partial charge < -0.3 is 10.2 Å². The first-order valence-corrected chi connectivity index (χ1v) is 9.44. The molecular weight excluding hydrogens is 338 g/mol. The van der Waals surface area contributed by atoms with Crippen molar-refractivity contribution >= 4 is 15.9 Å². The van der Waals surface area contributed by atoms with Gasteiger partial charge in [-0.05, 0) is 56.5 Å². The van der Waals surface area contributed by atoms with Crippen LogP contribution in [0, 0.1) is 5.92 Å². The van der Waals surface area contributed by atoms with Crippen molar-refractivity contribution in [1.29, 1.82) is 0 Å². The third-order valence-corrected chi connectivity index (χ3v) is 5.81. The zero-order chi connectivity index (χ0) is 15.4. The Labute approximate surface area is 143 Å². The molecule has 0 radical (unpaired) electrons. The number of nitrogens with one attached hydrogen (secondary N) is 1. The molecule has 1 N–H and O–H groups in total. The SMILES string of the molecule is CC(c1ccc(Br)cc1)N1CCN(CC2CCNCC2)CC1. The first kappa shape index (κ1) is 16.4. The van der Waals surface area contributed by atoms with Gasteiger partial charge in [-0.1, -0.05) is 28.1 Å². The fraction of sp³-hybridized carbons (Fsp3) is 0.667. The van der Waals surface area contributed by atoms with Crippen LogP contribution in [0.25, 0.3) is 0 Å². The second-order valence-electron chi connectivity index (χ2n) is 6.76. The van der Waals surface area contributed by atoms with Gasteiger partial charge >= 0.3 is 0 Å². The number of hydrogen-bond donors (Lipinski definition) is 1. The van der Waals surface area contributed by atoms with Crippen LogP contribution in [0.5, 0.6) is 0 Å². The van der Waals surface area contributed by atoms with Crippen molar-refractivity contribution in [3.05, 3.63) is 34.3 Å². The largest absolute Gasteiger partial charge is 0.317 e. The predicted molar refractivity (Wildman–Crippen MR) is 96.2 cm³/mol. The zero-order valence-corrected chi connectivity index (χ0v) is 15.2. The molecule has 2 fully saturated rings. The average Bonchev–Trinajstić information content (AvgIpc) is 2.57. The second-order valence-corrected chi connectivity index (χ2v) is 7.67. The Balaban J connectivity index is 1.47. The normalized spacial score (nSPS) is 23.5. The minimum absolute atomic E-state index is 0.522. The van der Waals surface area contributed by atoms with Crippen molar-refractivity contribution < 1.29 is 0 Å². The van der Waals surface area contributed by atoms with Crippen LogP contribution >= 0.6 is 15.9 Å². The van der Waals surface area contributed by atoms with Crippen LogP contribution in [0.3, 0.4) is 0 Å². The third kappa shape index (κ3) is 4.31. The van der Waals surface area contributed by atoms with Gasteiger partial charge in [0.2, 0.25) is 0 Å². The third-order valence-electron chi connectivity index (χ3n) is 5.28. The molecule has 3 nitrogen and oxygen atoms in total. The molecule has 1 atom stereocenters. The number of hydrogen-bond acceptors (Lipinski definition) is 3. The standard InChI is InChI=1S/C18H28BrN3/c1-15(17-2-4-18(19)5-3-17)22-12-10-21(11-13-22)14-16-6-8-20-9-7-16/h2-5,15-16,20H,6-14H2,1H3. The van der Waals surface area contributed by atoms with Gasteiger partial charge in [0.25, 0.3) is 0 Å². The van der Waals surface area contributed by atoms with Gasteiger partial charge in [0.05, 0.1) is 0 Å². The number of benzene rings is 1. The molecule has 0 aliphatic carbocycles. The van der Waals surface area contributed by atoms with E-state index in [0.29, 0.717) is 6.04 Å². The Morgan fingerprint density at radius 1 is 1.09 bits per heavy atom. The molecule has 0 saturated carbocycles. The number of rotatable bonds is 4. The van der Waals surface area contributed by atoms with E-state index in [9.17, 15) is 0 Å². The van der Waals surface area contributed by atoms with Crippen LogP contribution in [0.15, 0.2) is 28.7 Å². The molecule has 1 aromatic carbocycles. The minimum atomic E-state index is 0.522. The Kier molecular flexibility index (Phi) is 5.91. The maximum absolute atomic E-state index is 3.52. The zero-order valence-electron chi connectivity index (χ0n) is 13.6. The molecule has 1 aromatic rings. The van der Waals surface area contributed by atoms with Crippen LogP contribution in [-0.2, 0) is 0 Å². The van der Waals surface area contributed by atoms with E-state index in [-0.39, 0.29) is 0 Å². The number of piperazine rings is 1. The first-order chi connectivity index (χ1) is 10.7. The Morgan fingerprint density at radius 3 is 2.36 bits per heavy atom. The van der Waals surface area contributed by atoms with Gasteiger partial charge in [0, 0.05) is 43.2 Å². The lowest BCUT2D eigenvalue weighted by molar-refractivity contribution is 0.0869. The Hall–Kier alpha value is -0.420. The van der Waals surface area contributed by atoms with Gasteiger partial charge in [-0.2, -0.15) is 0 Å². The summed E-state index contributed by atoms with van der Waals surface area (Å²) in [4.78, 5) is 5.31. The summed E-state index contributed by atoms with van der Waals surface area (Å²) in [6.07, 6.45) is 2.71. The van der Waals surface area contributed by atoms with Crippen LogP contribution in [0.1, 0.15) is 31.4 Å². The summed E-state index contributed by atoms with van der Waals surface area (Å²) in [5.41, 5.74) is 1.43. The fourth-order valence-electron chi connectivity index (χ4n) is 3.71. The average molecular weight is 366 g/mol. The van der Waals surface area contributed by atoms with E-state index < -0.39 is 0 Å². The number of halogens is 1. The lowest BCUT2D eigenvalue weighted by Gasteiger charge is -2.40. The van der Waals surface area contributed by atoms with Gasteiger partial charge in [0.15, 0.2) is 0 Å². The Morgan fingerprint density at radius 2 is 1.73 bits per heavy atom. The predicted octanol–water partition coefficient (Wildman–Crippen LogP) is 3.13. The highest BCUT2D eigenvalue weighted by Gasteiger charge is 2.24. The lowest BCUT2D eigenvalue weighted by atomic mass is 9.97. The first-order valence-electron chi connectivity index (χ1n) is 8.65. The second kappa shape index (κ2) is 7.91. The molecule has 2 aliphatic rings. The van der Waals surface area contributed by atoms with Crippen molar-refractivity contribution in [2.75, 3.05) is 45.8 Å². The van der Waals surface area contributed by atoms with E-state index in [2.05, 4.69) is 62.2 Å². The van der Waals surface area contributed by atoms with E-state index >= 15 is 0 Å².